The molecule has 8 N–H and O–H groups in total. The number of aromatic amines is 1. The molecule has 2 aromatic carbocycles. The van der Waals surface area contributed by atoms with Crippen LogP contribution in [-0.4, -0.2) is 70.9 Å². The van der Waals surface area contributed by atoms with Crippen molar-refractivity contribution in [2.45, 2.75) is 86.1 Å². The van der Waals surface area contributed by atoms with Gasteiger partial charge in [0.25, 0.3) is 0 Å². The highest BCUT2D eigenvalue weighted by Gasteiger charge is 2.34. The largest absolute Gasteiger partial charge is 0.361 e. The number of fused-ring (bicyclic) bond motifs is 3. The molecule has 3 amide bonds. The summed E-state index contributed by atoms with van der Waals surface area (Å²) in [5, 5.41) is 11.0. The van der Waals surface area contributed by atoms with Gasteiger partial charge in [-0.25, -0.2) is 9.37 Å². The first-order valence-corrected chi connectivity index (χ1v) is 20.2. The van der Waals surface area contributed by atoms with Gasteiger partial charge in [0.05, 0.1) is 10.9 Å². The summed E-state index contributed by atoms with van der Waals surface area (Å²) in [5.74, 6) is -1.62. The number of nitrogens with zero attached hydrogens (tertiary/aromatic N) is 2. The van der Waals surface area contributed by atoms with Crippen LogP contribution in [0.25, 0.3) is 17.2 Å². The average Bonchev–Trinajstić information content (AvgIpc) is 3.61. The third kappa shape index (κ3) is 9.71. The zero-order valence-corrected chi connectivity index (χ0v) is 33.0. The van der Waals surface area contributed by atoms with Crippen molar-refractivity contribution in [1.82, 2.24) is 30.8 Å². The molecule has 4 atom stereocenters. The van der Waals surface area contributed by atoms with Gasteiger partial charge in [-0.15, -0.1) is 9.24 Å². The van der Waals surface area contributed by atoms with E-state index in [9.17, 15) is 14.4 Å². The maximum absolute atomic E-state index is 16.2. The molecule has 0 saturated carbocycles. The number of allylic oxidation sites excluding steroid dienone is 1. The number of carbonyl (C=O) groups excluding carboxylic acids is 3. The van der Waals surface area contributed by atoms with Crippen LogP contribution >= 0.6 is 21.0 Å². The number of nitrogens with two attached hydrogens (primary N) is 2. The van der Waals surface area contributed by atoms with Gasteiger partial charge in [0.2, 0.25) is 17.7 Å². The lowest BCUT2D eigenvalue weighted by Crippen LogP contribution is -2.57. The van der Waals surface area contributed by atoms with Crippen LogP contribution < -0.4 is 32.7 Å². The summed E-state index contributed by atoms with van der Waals surface area (Å²) in [6, 6.07) is 12.1. The van der Waals surface area contributed by atoms with Crippen molar-refractivity contribution in [3.8, 4) is 11.1 Å². The van der Waals surface area contributed by atoms with E-state index in [0.717, 1.165) is 51.7 Å². The molecule has 4 aromatic rings. The van der Waals surface area contributed by atoms with Crippen LogP contribution in [0.1, 0.15) is 60.1 Å². The van der Waals surface area contributed by atoms with Crippen LogP contribution in [0.2, 0.25) is 0 Å². The molecular weight excluding hydrogens is 735 g/mol. The molecule has 3 heterocycles. The number of amides is 3. The number of halogens is 1. The first kappa shape index (κ1) is 40.3. The van der Waals surface area contributed by atoms with Crippen LogP contribution in [0, 0.1) is 5.82 Å². The Morgan fingerprint density at radius 2 is 1.73 bits per heavy atom. The number of hydrogen-bond donors (Lipinski definition) is 6. The van der Waals surface area contributed by atoms with Crippen LogP contribution in [0.4, 0.5) is 4.39 Å². The second-order valence-corrected chi connectivity index (χ2v) is 15.7. The summed E-state index contributed by atoms with van der Waals surface area (Å²) < 4.78 is 16.2. The van der Waals surface area contributed by atoms with E-state index in [1.165, 1.54) is 22.7 Å². The maximum Gasteiger partial charge on any atom is 0.245 e. The van der Waals surface area contributed by atoms with Crippen molar-refractivity contribution < 1.29 is 18.8 Å². The minimum absolute atomic E-state index is 0.0156. The molecule has 1 aliphatic heterocycles. The quantitative estimate of drug-likeness (QED) is 0.139. The average molecular weight is 785 g/mol. The Balaban J connectivity index is 1.46. The zero-order chi connectivity index (χ0) is 38.9. The summed E-state index contributed by atoms with van der Waals surface area (Å²) in [5.41, 5.74) is 17.8. The van der Waals surface area contributed by atoms with Gasteiger partial charge in [-0.05, 0) is 109 Å². The Hall–Kier alpha value is -4.39. The van der Waals surface area contributed by atoms with E-state index >= 15 is 4.39 Å². The Morgan fingerprint density at radius 3 is 2.49 bits per heavy atom. The lowest BCUT2D eigenvalue weighted by molar-refractivity contribution is -0.142. The minimum atomic E-state index is -0.954. The second kappa shape index (κ2) is 19.0. The molecule has 0 saturated heterocycles. The molecule has 0 fully saturated rings. The normalized spacial score (nSPS) is 19.5. The van der Waals surface area contributed by atoms with Crippen LogP contribution in [0.3, 0.4) is 0 Å². The lowest BCUT2D eigenvalue weighted by atomic mass is 9.95. The van der Waals surface area contributed by atoms with Crippen molar-refractivity contribution in [3.05, 3.63) is 101 Å². The number of benzene rings is 2. The van der Waals surface area contributed by atoms with Gasteiger partial charge in [0.15, 0.2) is 0 Å². The molecule has 2 aliphatic rings. The van der Waals surface area contributed by atoms with E-state index in [-0.39, 0.29) is 25.4 Å². The standard InChI is InChI=1S/C41H50FN8O3PS/c1-50-36(21-27-23-46-33-9-3-2-8-30(27)33)39(52)48-24-31-29(25-12-14-28(54)15-13-25)16-17-32(42)37(31)55-40-26(7-6-20-45-40)22-47-34(10-4-18-43)38(51)49-35(41(50)53)11-5-19-44/h3,6-7,9,12-17,20,23,34-36,46-47H,2,4-5,8,10-11,18-19,21-22,24,43-44,54H2,1H3,(H,48,52)(H,49,51). The monoisotopic (exact) mass is 784 g/mol. The van der Waals surface area contributed by atoms with Gasteiger partial charge < -0.3 is 37.3 Å². The number of nitrogens with one attached hydrogen (secondary N) is 4. The van der Waals surface area contributed by atoms with Crippen molar-refractivity contribution in [2.24, 2.45) is 11.5 Å². The summed E-state index contributed by atoms with van der Waals surface area (Å²) in [4.78, 5) is 52.8. The highest BCUT2D eigenvalue weighted by Crippen LogP contribution is 2.38. The predicted molar refractivity (Wildman–Crippen MR) is 219 cm³/mol. The molecule has 11 nitrogen and oxygen atoms in total. The Kier molecular flexibility index (Phi) is 13.9. The SMILES string of the molecule is CN1C(=O)C(CCCN)NC(=O)C(CCCN)NCc2cccnc2Sc2c(F)ccc(-c3ccc(P)cc3)c2CNC(=O)C1Cc1c[nH]c2c1CCC=C2. The summed E-state index contributed by atoms with van der Waals surface area (Å²) in [6.45, 7) is 0.940. The van der Waals surface area contributed by atoms with E-state index in [4.69, 9.17) is 11.5 Å². The number of likely N-dealkylation sites (N-methyl/N-ethyl adjacent to an activating group) is 1. The van der Waals surface area contributed by atoms with E-state index in [1.807, 2.05) is 42.6 Å². The highest BCUT2D eigenvalue weighted by atomic mass is 32.2. The van der Waals surface area contributed by atoms with Gasteiger partial charge >= 0.3 is 0 Å². The molecule has 290 valence electrons. The zero-order valence-electron chi connectivity index (χ0n) is 31.1. The molecule has 55 heavy (non-hydrogen) atoms. The van der Waals surface area contributed by atoms with Gasteiger partial charge in [0, 0.05) is 44.6 Å². The summed E-state index contributed by atoms with van der Waals surface area (Å²) >= 11 is 1.18. The van der Waals surface area contributed by atoms with Crippen molar-refractivity contribution >= 4 is 50.1 Å². The van der Waals surface area contributed by atoms with E-state index < -0.39 is 35.8 Å². The molecule has 4 unspecified atom stereocenters. The number of aromatic nitrogens is 2. The van der Waals surface area contributed by atoms with Gasteiger partial charge in [-0.3, -0.25) is 14.4 Å². The number of rotatable bonds is 9. The van der Waals surface area contributed by atoms with Crippen LogP contribution in [0.15, 0.2) is 76.9 Å². The number of H-pyrrole nitrogens is 1. The Morgan fingerprint density at radius 1 is 0.964 bits per heavy atom. The predicted octanol–water partition coefficient (Wildman–Crippen LogP) is 3.95. The smallest absolute Gasteiger partial charge is 0.245 e. The van der Waals surface area contributed by atoms with Gasteiger partial charge in [0.1, 0.15) is 22.9 Å². The van der Waals surface area contributed by atoms with E-state index in [1.54, 1.807) is 25.4 Å². The highest BCUT2D eigenvalue weighted by molar-refractivity contribution is 7.99. The first-order valence-electron chi connectivity index (χ1n) is 18.8. The minimum Gasteiger partial charge on any atom is -0.361 e. The number of pyridine rings is 1. The van der Waals surface area contributed by atoms with Gasteiger partial charge in [-0.2, -0.15) is 0 Å². The molecule has 14 heteroatoms. The molecule has 6 rings (SSSR count). The molecule has 1 aliphatic carbocycles. The maximum atomic E-state index is 16.2. The molecule has 0 radical (unpaired) electrons. The van der Waals surface area contributed by atoms with Crippen molar-refractivity contribution in [2.75, 3.05) is 20.1 Å². The Labute approximate surface area is 328 Å². The third-order valence-electron chi connectivity index (χ3n) is 10.3. The second-order valence-electron chi connectivity index (χ2n) is 14.0. The number of carbonyl (C=O) groups is 3. The van der Waals surface area contributed by atoms with Crippen LogP contribution in [0.5, 0.6) is 0 Å². The summed E-state index contributed by atoms with van der Waals surface area (Å²) in [7, 11) is 4.28. The fourth-order valence-corrected chi connectivity index (χ4v) is 8.41. The molecule has 0 spiro atoms. The molecule has 0 bridgehead atoms. The van der Waals surface area contributed by atoms with Gasteiger partial charge in [-0.1, -0.05) is 54.2 Å². The lowest BCUT2D eigenvalue weighted by Gasteiger charge is -2.32. The fourth-order valence-electron chi connectivity index (χ4n) is 7.17. The summed E-state index contributed by atoms with van der Waals surface area (Å²) in [6.07, 6.45) is 11.4. The first-order chi connectivity index (χ1) is 26.7. The molecule has 2 aromatic heterocycles. The van der Waals surface area contributed by atoms with Crippen molar-refractivity contribution in [3.63, 3.8) is 0 Å². The Bertz CT molecular complexity index is 2020. The molecular formula is C41H50FN8O3PS. The van der Waals surface area contributed by atoms with Crippen LogP contribution in [-0.2, 0) is 40.3 Å². The third-order valence-corrected chi connectivity index (χ3v) is 11.9. The fraction of sp³-hybridized carbons (Fsp3) is 0.366. The number of hydrogen-bond acceptors (Lipinski definition) is 8. The van der Waals surface area contributed by atoms with Crippen molar-refractivity contribution in [1.29, 1.82) is 0 Å². The van der Waals surface area contributed by atoms with E-state index in [0.29, 0.717) is 54.3 Å². The van der Waals surface area contributed by atoms with E-state index in [2.05, 4.69) is 41.2 Å². The topological polar surface area (TPSA) is 171 Å².